The first-order chi connectivity index (χ1) is 16.2. The maximum atomic E-state index is 12.8. The SMILES string of the molecule is CCCCNC(=O)c1ccccc1NC(=O)c1ccc(NS(=O)(=O)c2ccc(C)cc2)c(Cl)c1. The number of benzene rings is 3. The topological polar surface area (TPSA) is 104 Å². The number of hydrogen-bond acceptors (Lipinski definition) is 4. The Kier molecular flexibility index (Phi) is 8.31. The maximum absolute atomic E-state index is 12.8. The van der Waals surface area contributed by atoms with Crippen molar-refractivity contribution < 1.29 is 18.0 Å². The second-order valence-electron chi connectivity index (χ2n) is 7.72. The summed E-state index contributed by atoms with van der Waals surface area (Å²) in [6, 6.07) is 17.4. The molecule has 0 atom stereocenters. The van der Waals surface area contributed by atoms with Gasteiger partial charge in [-0.2, -0.15) is 0 Å². The Bertz CT molecular complexity index is 1290. The first kappa shape index (κ1) is 25.3. The highest BCUT2D eigenvalue weighted by Crippen LogP contribution is 2.27. The molecule has 34 heavy (non-hydrogen) atoms. The first-order valence-corrected chi connectivity index (χ1v) is 12.6. The lowest BCUT2D eigenvalue weighted by Gasteiger charge is -2.13. The Morgan fingerprint density at radius 2 is 1.62 bits per heavy atom. The number of rotatable bonds is 9. The second kappa shape index (κ2) is 11.2. The molecule has 0 heterocycles. The molecule has 0 aromatic heterocycles. The standard InChI is InChI=1S/C25H26ClN3O4S/c1-3-4-15-27-25(31)20-7-5-6-8-22(20)28-24(30)18-11-14-23(21(26)16-18)29-34(32,33)19-12-9-17(2)10-13-19/h5-14,16,29H,3-4,15H2,1-2H3,(H,27,31)(H,28,30). The van der Waals surface area contributed by atoms with Crippen LogP contribution in [0.25, 0.3) is 0 Å². The minimum atomic E-state index is -3.84. The molecule has 0 saturated heterocycles. The van der Waals surface area contributed by atoms with Crippen LogP contribution < -0.4 is 15.4 Å². The lowest BCUT2D eigenvalue weighted by Crippen LogP contribution is -2.26. The number of carbonyl (C=O) groups excluding carboxylic acids is 2. The third-order valence-corrected chi connectivity index (χ3v) is 6.74. The molecule has 0 aliphatic carbocycles. The van der Waals surface area contributed by atoms with Gasteiger partial charge >= 0.3 is 0 Å². The number of halogens is 1. The fourth-order valence-electron chi connectivity index (χ4n) is 3.12. The van der Waals surface area contributed by atoms with Crippen LogP contribution >= 0.6 is 11.6 Å². The van der Waals surface area contributed by atoms with Gasteiger partial charge in [0.05, 0.1) is 26.9 Å². The average Bonchev–Trinajstić information content (AvgIpc) is 2.81. The van der Waals surface area contributed by atoms with Gasteiger partial charge in [0.2, 0.25) is 0 Å². The summed E-state index contributed by atoms with van der Waals surface area (Å²) in [4.78, 5) is 25.4. The van der Waals surface area contributed by atoms with Crippen LogP contribution in [0.1, 0.15) is 46.0 Å². The van der Waals surface area contributed by atoms with Crippen molar-refractivity contribution >= 4 is 44.8 Å². The molecule has 3 aromatic rings. The van der Waals surface area contributed by atoms with Crippen LogP contribution in [0.2, 0.25) is 5.02 Å². The maximum Gasteiger partial charge on any atom is 0.261 e. The van der Waals surface area contributed by atoms with Gasteiger partial charge in [0, 0.05) is 12.1 Å². The molecule has 9 heteroatoms. The van der Waals surface area contributed by atoms with E-state index in [4.69, 9.17) is 11.6 Å². The summed E-state index contributed by atoms with van der Waals surface area (Å²) in [5.74, 6) is -0.758. The highest BCUT2D eigenvalue weighted by atomic mass is 35.5. The third kappa shape index (κ3) is 6.36. The van der Waals surface area contributed by atoms with Crippen molar-refractivity contribution in [1.29, 1.82) is 0 Å². The van der Waals surface area contributed by atoms with Gasteiger partial charge in [0.25, 0.3) is 21.8 Å². The molecular weight excluding hydrogens is 474 g/mol. The number of amides is 2. The number of unbranched alkanes of at least 4 members (excludes halogenated alkanes) is 1. The summed E-state index contributed by atoms with van der Waals surface area (Å²) in [7, 11) is -3.84. The number of nitrogens with one attached hydrogen (secondary N) is 3. The van der Waals surface area contributed by atoms with Crippen molar-refractivity contribution in [3.8, 4) is 0 Å². The molecule has 2 amide bonds. The van der Waals surface area contributed by atoms with E-state index in [1.165, 1.54) is 30.3 Å². The molecule has 0 saturated carbocycles. The molecule has 3 aromatic carbocycles. The molecule has 0 aliphatic heterocycles. The predicted octanol–water partition coefficient (Wildman–Crippen LogP) is 5.23. The van der Waals surface area contributed by atoms with E-state index in [1.54, 1.807) is 36.4 Å². The zero-order valence-electron chi connectivity index (χ0n) is 18.9. The van der Waals surface area contributed by atoms with E-state index < -0.39 is 15.9 Å². The third-order valence-electron chi connectivity index (χ3n) is 5.04. The quantitative estimate of drug-likeness (QED) is 0.350. The van der Waals surface area contributed by atoms with Gasteiger partial charge < -0.3 is 10.6 Å². The van der Waals surface area contributed by atoms with E-state index in [0.29, 0.717) is 17.8 Å². The molecule has 0 spiro atoms. The van der Waals surface area contributed by atoms with Crippen molar-refractivity contribution in [3.63, 3.8) is 0 Å². The molecule has 0 bridgehead atoms. The van der Waals surface area contributed by atoms with Crippen LogP contribution in [-0.2, 0) is 10.0 Å². The predicted molar refractivity (Wildman–Crippen MR) is 135 cm³/mol. The Morgan fingerprint density at radius 1 is 0.912 bits per heavy atom. The number of anilines is 2. The fraction of sp³-hybridized carbons (Fsp3) is 0.200. The number of para-hydroxylation sites is 1. The van der Waals surface area contributed by atoms with E-state index in [9.17, 15) is 18.0 Å². The summed E-state index contributed by atoms with van der Waals surface area (Å²) in [5, 5.41) is 5.62. The normalized spacial score (nSPS) is 11.0. The second-order valence-corrected chi connectivity index (χ2v) is 9.81. The van der Waals surface area contributed by atoms with Crippen LogP contribution in [0.3, 0.4) is 0 Å². The summed E-state index contributed by atoms with van der Waals surface area (Å²) in [6.07, 6.45) is 1.81. The lowest BCUT2D eigenvalue weighted by atomic mass is 10.1. The van der Waals surface area contributed by atoms with Gasteiger partial charge in [-0.3, -0.25) is 14.3 Å². The summed E-state index contributed by atoms with van der Waals surface area (Å²) < 4.78 is 27.7. The van der Waals surface area contributed by atoms with Gasteiger partial charge in [-0.1, -0.05) is 54.8 Å². The van der Waals surface area contributed by atoms with Crippen LogP contribution in [-0.4, -0.2) is 26.8 Å². The Hall–Kier alpha value is -3.36. The summed E-state index contributed by atoms with van der Waals surface area (Å²) in [5.41, 5.74) is 2.01. The van der Waals surface area contributed by atoms with Crippen molar-refractivity contribution in [2.75, 3.05) is 16.6 Å². The molecule has 0 unspecified atom stereocenters. The van der Waals surface area contributed by atoms with Gasteiger partial charge in [-0.15, -0.1) is 0 Å². The van der Waals surface area contributed by atoms with Gasteiger partial charge in [-0.05, 0) is 55.8 Å². The van der Waals surface area contributed by atoms with Crippen LogP contribution in [0.4, 0.5) is 11.4 Å². The van der Waals surface area contributed by atoms with Crippen molar-refractivity contribution in [1.82, 2.24) is 5.32 Å². The van der Waals surface area contributed by atoms with E-state index >= 15 is 0 Å². The smallest absolute Gasteiger partial charge is 0.261 e. The monoisotopic (exact) mass is 499 g/mol. The molecule has 3 rings (SSSR count). The Labute approximate surface area is 204 Å². The minimum absolute atomic E-state index is 0.0638. The lowest BCUT2D eigenvalue weighted by molar-refractivity contribution is 0.0954. The van der Waals surface area contributed by atoms with Crippen LogP contribution in [0.5, 0.6) is 0 Å². The Morgan fingerprint density at radius 3 is 2.29 bits per heavy atom. The molecular formula is C25H26ClN3O4S. The van der Waals surface area contributed by atoms with Crippen molar-refractivity contribution in [3.05, 3.63) is 88.4 Å². The van der Waals surface area contributed by atoms with Crippen LogP contribution in [0, 0.1) is 6.92 Å². The van der Waals surface area contributed by atoms with Crippen LogP contribution in [0.15, 0.2) is 71.6 Å². The van der Waals surface area contributed by atoms with E-state index in [-0.39, 0.29) is 27.1 Å². The summed E-state index contributed by atoms with van der Waals surface area (Å²) >= 11 is 6.28. The largest absolute Gasteiger partial charge is 0.352 e. The number of aryl methyl sites for hydroxylation is 1. The molecule has 7 nitrogen and oxygen atoms in total. The molecule has 0 fully saturated rings. The van der Waals surface area contributed by atoms with Gasteiger partial charge in [0.15, 0.2) is 0 Å². The van der Waals surface area contributed by atoms with E-state index in [2.05, 4.69) is 15.4 Å². The first-order valence-electron chi connectivity index (χ1n) is 10.8. The summed E-state index contributed by atoms with van der Waals surface area (Å²) in [6.45, 7) is 4.44. The van der Waals surface area contributed by atoms with Gasteiger partial charge in [-0.25, -0.2) is 8.42 Å². The van der Waals surface area contributed by atoms with Crippen molar-refractivity contribution in [2.24, 2.45) is 0 Å². The number of sulfonamides is 1. The highest BCUT2D eigenvalue weighted by Gasteiger charge is 2.18. The Balaban J connectivity index is 1.75. The highest BCUT2D eigenvalue weighted by molar-refractivity contribution is 7.92. The fourth-order valence-corrected chi connectivity index (χ4v) is 4.48. The van der Waals surface area contributed by atoms with E-state index in [0.717, 1.165) is 18.4 Å². The molecule has 0 aliphatic rings. The minimum Gasteiger partial charge on any atom is -0.352 e. The number of carbonyl (C=O) groups is 2. The molecule has 3 N–H and O–H groups in total. The van der Waals surface area contributed by atoms with Gasteiger partial charge in [0.1, 0.15) is 0 Å². The molecule has 178 valence electrons. The average molecular weight is 500 g/mol. The zero-order valence-corrected chi connectivity index (χ0v) is 20.5. The van der Waals surface area contributed by atoms with E-state index in [1.807, 2.05) is 13.8 Å². The zero-order chi connectivity index (χ0) is 24.7. The number of hydrogen-bond donors (Lipinski definition) is 3. The van der Waals surface area contributed by atoms with Crippen molar-refractivity contribution in [2.45, 2.75) is 31.6 Å². The molecule has 0 radical (unpaired) electrons.